The summed E-state index contributed by atoms with van der Waals surface area (Å²) in [4.78, 5) is 4.27. The molecule has 0 saturated heterocycles. The second-order valence-electron chi connectivity index (χ2n) is 4.21. The number of methoxy groups -OCH3 is 1. The monoisotopic (exact) mass is 393 g/mol. The summed E-state index contributed by atoms with van der Waals surface area (Å²) in [5.41, 5.74) is 4.10. The maximum Gasteiger partial charge on any atom is 0.107 e. The van der Waals surface area contributed by atoms with Gasteiger partial charge in [0.1, 0.15) is 6.04 Å². The number of nitrogens with two attached hydrogens (primary N) is 1. The maximum atomic E-state index is 6.22. The first-order valence-corrected chi connectivity index (χ1v) is 7.60. The minimum atomic E-state index is -0.427. The van der Waals surface area contributed by atoms with Crippen LogP contribution in [0.4, 0.5) is 0 Å². The third-order valence-electron chi connectivity index (χ3n) is 2.89. The lowest BCUT2D eigenvalue weighted by molar-refractivity contribution is 0.182. The first-order chi connectivity index (χ1) is 10.1. The van der Waals surface area contributed by atoms with Crippen LogP contribution >= 0.6 is 39.1 Å². The maximum absolute atomic E-state index is 6.22. The molecule has 0 amide bonds. The summed E-state index contributed by atoms with van der Waals surface area (Å²) in [6.07, 6.45) is 3.22. The summed E-state index contributed by atoms with van der Waals surface area (Å²) >= 11 is 15.6. The third-order valence-corrected chi connectivity index (χ3v) is 4.01. The Balaban J connectivity index is 2.43. The van der Waals surface area contributed by atoms with Gasteiger partial charge in [-0.25, -0.2) is 5.43 Å². The number of nitrogens with one attached hydrogen (secondary N) is 1. The minimum absolute atomic E-state index is 0.427. The van der Waals surface area contributed by atoms with Crippen LogP contribution in [-0.4, -0.2) is 28.5 Å². The van der Waals surface area contributed by atoms with E-state index in [1.54, 1.807) is 24.1 Å². The Morgan fingerprint density at radius 2 is 2.24 bits per heavy atom. The average Bonchev–Trinajstić information content (AvgIpc) is 2.81. The lowest BCUT2D eigenvalue weighted by atomic mass is 10.1. The van der Waals surface area contributed by atoms with Gasteiger partial charge in [0.15, 0.2) is 0 Å². The van der Waals surface area contributed by atoms with Crippen molar-refractivity contribution in [1.29, 1.82) is 0 Å². The summed E-state index contributed by atoms with van der Waals surface area (Å²) in [6, 6.07) is 1.20. The molecule has 3 N–H and O–H groups in total. The van der Waals surface area contributed by atoms with Crippen molar-refractivity contribution in [3.63, 3.8) is 0 Å². The largest absolute Gasteiger partial charge is 0.383 e. The Hall–Kier alpha value is -0.700. The molecule has 0 aromatic carbocycles. The van der Waals surface area contributed by atoms with Crippen molar-refractivity contribution in [2.75, 3.05) is 13.7 Å². The predicted octanol–water partition coefficient (Wildman–Crippen LogP) is 2.55. The van der Waals surface area contributed by atoms with Gasteiger partial charge in [-0.3, -0.25) is 15.5 Å². The number of halogens is 3. The van der Waals surface area contributed by atoms with Crippen molar-refractivity contribution in [2.45, 2.75) is 12.6 Å². The Bertz CT molecular complexity index is 622. The Morgan fingerprint density at radius 3 is 2.86 bits per heavy atom. The van der Waals surface area contributed by atoms with E-state index in [2.05, 4.69) is 31.4 Å². The van der Waals surface area contributed by atoms with Crippen molar-refractivity contribution in [3.05, 3.63) is 44.4 Å². The molecule has 114 valence electrons. The predicted molar refractivity (Wildman–Crippen MR) is 85.2 cm³/mol. The standard InChI is InChI=1S/C12H14BrCl2N5O/c1-21-3-2-20-12(8(13)6-18-20)11(19-16)10-9(15)4-7(14)5-17-10/h4-6,11,19H,2-3,16H2,1H3. The molecule has 2 aromatic rings. The van der Waals surface area contributed by atoms with E-state index in [1.165, 1.54) is 6.20 Å². The first kappa shape index (κ1) is 16.7. The van der Waals surface area contributed by atoms with E-state index in [0.29, 0.717) is 28.9 Å². The highest BCUT2D eigenvalue weighted by molar-refractivity contribution is 9.10. The normalized spacial score (nSPS) is 12.6. The topological polar surface area (TPSA) is 78.0 Å². The van der Waals surface area contributed by atoms with Gasteiger partial charge < -0.3 is 4.74 Å². The average molecular weight is 395 g/mol. The van der Waals surface area contributed by atoms with Crippen LogP contribution in [0.2, 0.25) is 10.0 Å². The number of rotatable bonds is 6. The molecule has 6 nitrogen and oxygen atoms in total. The van der Waals surface area contributed by atoms with E-state index < -0.39 is 6.04 Å². The van der Waals surface area contributed by atoms with Gasteiger partial charge in [-0.1, -0.05) is 23.2 Å². The molecule has 0 spiro atoms. The van der Waals surface area contributed by atoms with E-state index in [9.17, 15) is 0 Å². The van der Waals surface area contributed by atoms with Crippen LogP contribution in [0, 0.1) is 0 Å². The molecular weight excluding hydrogens is 381 g/mol. The number of nitrogens with zero attached hydrogens (tertiary/aromatic N) is 3. The zero-order valence-electron chi connectivity index (χ0n) is 11.2. The van der Waals surface area contributed by atoms with Crippen molar-refractivity contribution in [1.82, 2.24) is 20.2 Å². The zero-order chi connectivity index (χ0) is 15.4. The molecule has 1 unspecified atom stereocenters. The lowest BCUT2D eigenvalue weighted by Gasteiger charge is -2.19. The summed E-state index contributed by atoms with van der Waals surface area (Å²) in [7, 11) is 1.63. The number of ether oxygens (including phenoxy) is 1. The lowest BCUT2D eigenvalue weighted by Crippen LogP contribution is -2.32. The van der Waals surface area contributed by atoms with E-state index in [4.69, 9.17) is 33.8 Å². The van der Waals surface area contributed by atoms with Crippen molar-refractivity contribution in [2.24, 2.45) is 5.84 Å². The van der Waals surface area contributed by atoms with Gasteiger partial charge >= 0.3 is 0 Å². The van der Waals surface area contributed by atoms with Crippen LogP contribution in [0.1, 0.15) is 17.4 Å². The van der Waals surface area contributed by atoms with E-state index >= 15 is 0 Å². The number of aromatic nitrogens is 3. The third kappa shape index (κ3) is 3.74. The smallest absolute Gasteiger partial charge is 0.107 e. The van der Waals surface area contributed by atoms with E-state index in [0.717, 1.165) is 10.2 Å². The zero-order valence-corrected chi connectivity index (χ0v) is 14.3. The highest BCUT2D eigenvalue weighted by Gasteiger charge is 2.24. The van der Waals surface area contributed by atoms with Crippen molar-refractivity contribution in [3.8, 4) is 0 Å². The van der Waals surface area contributed by atoms with Gasteiger partial charge in [-0.2, -0.15) is 5.10 Å². The summed E-state index contributed by atoms with van der Waals surface area (Å²) in [6.45, 7) is 1.11. The molecule has 1 atom stereocenters. The molecule has 2 rings (SSSR count). The summed E-state index contributed by atoms with van der Waals surface area (Å²) in [5.74, 6) is 5.69. The molecule has 21 heavy (non-hydrogen) atoms. The Labute approximate surface area is 140 Å². The van der Waals surface area contributed by atoms with Gasteiger partial charge in [0.25, 0.3) is 0 Å². The molecule has 0 bridgehead atoms. The van der Waals surface area contributed by atoms with Crippen molar-refractivity contribution >= 4 is 39.1 Å². The van der Waals surface area contributed by atoms with Gasteiger partial charge in [0.2, 0.25) is 0 Å². The number of hydrogen-bond donors (Lipinski definition) is 2. The molecule has 0 fully saturated rings. The van der Waals surface area contributed by atoms with Crippen LogP contribution in [0.25, 0.3) is 0 Å². The molecule has 0 saturated carbocycles. The molecule has 0 radical (unpaired) electrons. The highest BCUT2D eigenvalue weighted by atomic mass is 79.9. The fourth-order valence-corrected chi connectivity index (χ4v) is 2.95. The molecule has 0 aliphatic carbocycles. The second kappa shape index (κ2) is 7.53. The number of hydrazine groups is 1. The van der Waals surface area contributed by atoms with Crippen LogP contribution < -0.4 is 11.3 Å². The molecule has 9 heteroatoms. The second-order valence-corrected chi connectivity index (χ2v) is 5.91. The van der Waals surface area contributed by atoms with Gasteiger partial charge in [0, 0.05) is 13.3 Å². The van der Waals surface area contributed by atoms with Crippen LogP contribution in [0.3, 0.4) is 0 Å². The first-order valence-electron chi connectivity index (χ1n) is 6.05. The Morgan fingerprint density at radius 1 is 1.48 bits per heavy atom. The fraction of sp³-hybridized carbons (Fsp3) is 0.333. The highest BCUT2D eigenvalue weighted by Crippen LogP contribution is 2.31. The van der Waals surface area contributed by atoms with Crippen LogP contribution in [0.15, 0.2) is 22.9 Å². The minimum Gasteiger partial charge on any atom is -0.383 e. The van der Waals surface area contributed by atoms with Gasteiger partial charge in [-0.15, -0.1) is 0 Å². The van der Waals surface area contributed by atoms with Crippen molar-refractivity contribution < 1.29 is 4.74 Å². The summed E-state index contributed by atoms with van der Waals surface area (Å²) in [5, 5.41) is 5.18. The molecule has 2 heterocycles. The molecular formula is C12H14BrCl2N5O. The van der Waals surface area contributed by atoms with Gasteiger partial charge in [-0.05, 0) is 22.0 Å². The van der Waals surface area contributed by atoms with E-state index in [1.807, 2.05) is 0 Å². The quantitative estimate of drug-likeness (QED) is 0.581. The number of pyridine rings is 1. The molecule has 2 aromatic heterocycles. The van der Waals surface area contributed by atoms with Crippen LogP contribution in [-0.2, 0) is 11.3 Å². The Kier molecular flexibility index (Phi) is 5.98. The molecule has 0 aliphatic heterocycles. The van der Waals surface area contributed by atoms with Gasteiger partial charge in [0.05, 0.1) is 45.3 Å². The fourth-order valence-electron chi connectivity index (χ4n) is 1.94. The number of hydrogen-bond acceptors (Lipinski definition) is 5. The van der Waals surface area contributed by atoms with E-state index in [-0.39, 0.29) is 0 Å². The van der Waals surface area contributed by atoms with Crippen LogP contribution in [0.5, 0.6) is 0 Å². The summed E-state index contributed by atoms with van der Waals surface area (Å²) < 4.78 is 7.66. The SMILES string of the molecule is COCCn1ncc(Br)c1C(NN)c1ncc(Cl)cc1Cl. The molecule has 0 aliphatic rings.